The molecule has 1 fully saturated rings. The fourth-order valence-corrected chi connectivity index (χ4v) is 3.73. The molecule has 1 atom stereocenters. The van der Waals surface area contributed by atoms with Gasteiger partial charge in [-0.3, -0.25) is 19.7 Å². The van der Waals surface area contributed by atoms with Crippen LogP contribution in [0.25, 0.3) is 0 Å². The molecule has 7 heteroatoms. The SMILES string of the molecule is C[C@@]1(Cc2ccc(OCC(=O)c3cccc(Cl)c3)cc2)SC(=O)NC1=O. The lowest BCUT2D eigenvalue weighted by molar-refractivity contribution is -0.121. The zero-order chi connectivity index (χ0) is 18.7. The summed E-state index contributed by atoms with van der Waals surface area (Å²) in [6, 6.07) is 13.8. The topological polar surface area (TPSA) is 72.5 Å². The molecule has 1 saturated heterocycles. The first-order valence-corrected chi connectivity index (χ1v) is 9.10. The lowest BCUT2D eigenvalue weighted by atomic mass is 9.99. The Balaban J connectivity index is 1.59. The minimum absolute atomic E-state index is 0.0931. The number of benzene rings is 2. The van der Waals surface area contributed by atoms with Gasteiger partial charge in [0, 0.05) is 10.6 Å². The molecule has 0 saturated carbocycles. The molecule has 1 aliphatic rings. The van der Waals surface area contributed by atoms with Gasteiger partial charge in [-0.2, -0.15) is 0 Å². The van der Waals surface area contributed by atoms with E-state index in [-0.39, 0.29) is 23.5 Å². The van der Waals surface area contributed by atoms with Gasteiger partial charge in [0.2, 0.25) is 5.91 Å². The molecular weight excluding hydrogens is 374 g/mol. The lowest BCUT2D eigenvalue weighted by Crippen LogP contribution is -2.35. The van der Waals surface area contributed by atoms with E-state index in [4.69, 9.17) is 16.3 Å². The molecule has 5 nitrogen and oxygen atoms in total. The fourth-order valence-electron chi connectivity index (χ4n) is 2.60. The van der Waals surface area contributed by atoms with Crippen molar-refractivity contribution in [2.45, 2.75) is 18.1 Å². The molecule has 0 aromatic heterocycles. The Morgan fingerprint density at radius 2 is 1.92 bits per heavy atom. The summed E-state index contributed by atoms with van der Waals surface area (Å²) in [4.78, 5) is 35.4. The van der Waals surface area contributed by atoms with Crippen LogP contribution in [0, 0.1) is 0 Å². The molecule has 1 heterocycles. The van der Waals surface area contributed by atoms with Crippen LogP contribution in [0.1, 0.15) is 22.8 Å². The van der Waals surface area contributed by atoms with E-state index in [9.17, 15) is 14.4 Å². The number of thioether (sulfide) groups is 1. The largest absolute Gasteiger partial charge is 0.485 e. The first-order valence-electron chi connectivity index (χ1n) is 7.91. The fraction of sp³-hybridized carbons (Fsp3) is 0.211. The summed E-state index contributed by atoms with van der Waals surface area (Å²) >= 11 is 6.88. The minimum Gasteiger partial charge on any atom is -0.485 e. The predicted octanol–water partition coefficient (Wildman–Crippen LogP) is 3.89. The highest BCUT2D eigenvalue weighted by Gasteiger charge is 2.43. The third kappa shape index (κ3) is 4.26. The number of carbonyl (C=O) groups excluding carboxylic acids is 3. The number of nitrogens with one attached hydrogen (secondary N) is 1. The smallest absolute Gasteiger partial charge is 0.286 e. The number of hydrogen-bond donors (Lipinski definition) is 1. The number of ether oxygens (including phenoxy) is 1. The van der Waals surface area contributed by atoms with E-state index >= 15 is 0 Å². The Bertz CT molecular complexity index is 868. The van der Waals surface area contributed by atoms with Gasteiger partial charge in [0.05, 0.1) is 0 Å². The van der Waals surface area contributed by atoms with E-state index in [1.54, 1.807) is 43.3 Å². The van der Waals surface area contributed by atoms with E-state index in [2.05, 4.69) is 5.32 Å². The normalized spacial score (nSPS) is 19.3. The van der Waals surface area contributed by atoms with Crippen molar-refractivity contribution in [3.05, 3.63) is 64.7 Å². The van der Waals surface area contributed by atoms with Crippen molar-refractivity contribution in [3.63, 3.8) is 0 Å². The molecule has 0 spiro atoms. The molecule has 26 heavy (non-hydrogen) atoms. The van der Waals surface area contributed by atoms with Gasteiger partial charge in [0.15, 0.2) is 12.4 Å². The van der Waals surface area contributed by atoms with Crippen LogP contribution < -0.4 is 10.1 Å². The molecule has 0 bridgehead atoms. The molecule has 2 aromatic carbocycles. The monoisotopic (exact) mass is 389 g/mol. The van der Waals surface area contributed by atoms with Crippen molar-refractivity contribution in [2.24, 2.45) is 0 Å². The highest BCUT2D eigenvalue weighted by Crippen LogP contribution is 2.34. The maximum atomic E-state index is 12.1. The Hall–Kier alpha value is -2.31. The average molecular weight is 390 g/mol. The predicted molar refractivity (Wildman–Crippen MR) is 101 cm³/mol. The van der Waals surface area contributed by atoms with Crippen LogP contribution >= 0.6 is 23.4 Å². The molecular formula is C19H16ClNO4S. The molecule has 0 aliphatic carbocycles. The molecule has 134 valence electrons. The van der Waals surface area contributed by atoms with Gasteiger partial charge in [-0.05, 0) is 54.9 Å². The van der Waals surface area contributed by atoms with Crippen molar-refractivity contribution in [3.8, 4) is 5.75 Å². The summed E-state index contributed by atoms with van der Waals surface area (Å²) in [5.41, 5.74) is 1.40. The maximum absolute atomic E-state index is 12.1. The maximum Gasteiger partial charge on any atom is 0.286 e. The summed E-state index contributed by atoms with van der Waals surface area (Å²) in [6.45, 7) is 1.65. The average Bonchev–Trinajstić information content (AvgIpc) is 2.85. The molecule has 1 aliphatic heterocycles. The highest BCUT2D eigenvalue weighted by molar-refractivity contribution is 8.16. The van der Waals surface area contributed by atoms with Gasteiger partial charge >= 0.3 is 0 Å². The molecule has 0 radical (unpaired) electrons. The number of rotatable bonds is 6. The number of amides is 2. The third-order valence-electron chi connectivity index (χ3n) is 4.00. The van der Waals surface area contributed by atoms with E-state index in [0.717, 1.165) is 17.3 Å². The van der Waals surface area contributed by atoms with E-state index in [0.29, 0.717) is 22.8 Å². The molecule has 1 N–H and O–H groups in total. The van der Waals surface area contributed by atoms with Crippen LogP contribution in [0.3, 0.4) is 0 Å². The van der Waals surface area contributed by atoms with E-state index < -0.39 is 4.75 Å². The Morgan fingerprint density at radius 3 is 2.54 bits per heavy atom. The molecule has 3 rings (SSSR count). The van der Waals surface area contributed by atoms with Crippen molar-refractivity contribution >= 4 is 40.3 Å². The quantitative estimate of drug-likeness (QED) is 0.759. The summed E-state index contributed by atoms with van der Waals surface area (Å²) in [5, 5.41) is 2.48. The second-order valence-electron chi connectivity index (χ2n) is 6.12. The Labute approximate surface area is 160 Å². The Morgan fingerprint density at radius 1 is 1.19 bits per heavy atom. The van der Waals surface area contributed by atoms with Crippen molar-refractivity contribution < 1.29 is 19.1 Å². The standard InChI is InChI=1S/C19H16ClNO4S/c1-19(17(23)21-18(24)26-19)10-12-5-7-15(8-6-12)25-11-16(22)13-3-2-4-14(20)9-13/h2-9H,10-11H2,1H3,(H,21,23,24)/t19-/m0/s1. The van der Waals surface area contributed by atoms with Gasteiger partial charge in [0.1, 0.15) is 10.5 Å². The van der Waals surface area contributed by atoms with Gasteiger partial charge in [-0.1, -0.05) is 35.9 Å². The minimum atomic E-state index is -0.804. The number of Topliss-reactive ketones (excluding diaryl/α,β-unsaturated/α-hetero) is 1. The first-order chi connectivity index (χ1) is 12.4. The van der Waals surface area contributed by atoms with E-state index in [1.165, 1.54) is 0 Å². The second-order valence-corrected chi connectivity index (χ2v) is 8.03. The van der Waals surface area contributed by atoms with Crippen LogP contribution in [0.4, 0.5) is 4.79 Å². The molecule has 2 aromatic rings. The van der Waals surface area contributed by atoms with Crippen LogP contribution in [0.15, 0.2) is 48.5 Å². The number of halogens is 1. The highest BCUT2D eigenvalue weighted by atomic mass is 35.5. The van der Waals surface area contributed by atoms with Crippen molar-refractivity contribution in [1.29, 1.82) is 0 Å². The lowest BCUT2D eigenvalue weighted by Gasteiger charge is -2.18. The number of hydrogen-bond acceptors (Lipinski definition) is 5. The van der Waals surface area contributed by atoms with Gasteiger partial charge in [0.25, 0.3) is 5.24 Å². The van der Waals surface area contributed by atoms with Gasteiger partial charge < -0.3 is 4.74 Å². The number of imide groups is 1. The number of carbonyl (C=O) groups is 3. The van der Waals surface area contributed by atoms with Crippen LogP contribution in [-0.2, 0) is 11.2 Å². The second kappa shape index (κ2) is 7.51. The van der Waals surface area contributed by atoms with Crippen LogP contribution in [0.2, 0.25) is 5.02 Å². The molecule has 2 amide bonds. The molecule has 0 unspecified atom stereocenters. The van der Waals surface area contributed by atoms with Gasteiger partial charge in [-0.25, -0.2) is 0 Å². The van der Waals surface area contributed by atoms with Crippen molar-refractivity contribution in [1.82, 2.24) is 5.32 Å². The zero-order valence-corrected chi connectivity index (χ0v) is 15.5. The number of ketones is 1. The summed E-state index contributed by atoms with van der Waals surface area (Å²) in [5.74, 6) is 0.107. The first kappa shape index (κ1) is 18.5. The van der Waals surface area contributed by atoms with Crippen molar-refractivity contribution in [2.75, 3.05) is 6.61 Å². The summed E-state index contributed by atoms with van der Waals surface area (Å²) in [6.07, 6.45) is 0.428. The van der Waals surface area contributed by atoms with Gasteiger partial charge in [-0.15, -0.1) is 0 Å². The summed E-state index contributed by atoms with van der Waals surface area (Å²) in [7, 11) is 0. The Kier molecular flexibility index (Phi) is 5.34. The summed E-state index contributed by atoms with van der Waals surface area (Å²) < 4.78 is 4.72. The van der Waals surface area contributed by atoms with Crippen LogP contribution in [-0.4, -0.2) is 28.3 Å². The zero-order valence-electron chi connectivity index (χ0n) is 14.0. The van der Waals surface area contributed by atoms with Crippen LogP contribution in [0.5, 0.6) is 5.75 Å². The van der Waals surface area contributed by atoms with E-state index in [1.807, 2.05) is 12.1 Å². The third-order valence-corrected chi connectivity index (χ3v) is 5.30.